The highest BCUT2D eigenvalue weighted by Gasteiger charge is 2.27. The number of nitrogens with one attached hydrogen (secondary N) is 1. The molecule has 2 atom stereocenters. The third kappa shape index (κ3) is 2.95. The average Bonchev–Trinajstić information content (AvgIpc) is 2.49. The van der Waals surface area contributed by atoms with Gasteiger partial charge < -0.3 is 5.32 Å². The lowest BCUT2D eigenvalue weighted by molar-refractivity contribution is 0.470. The second kappa shape index (κ2) is 6.21. The molecular formula is C17H17Cl2NS. The maximum Gasteiger partial charge on any atom is 0.0595 e. The average molecular weight is 338 g/mol. The van der Waals surface area contributed by atoms with E-state index in [1.54, 1.807) is 0 Å². The van der Waals surface area contributed by atoms with Gasteiger partial charge in [0.25, 0.3) is 0 Å². The van der Waals surface area contributed by atoms with Gasteiger partial charge in [0.2, 0.25) is 0 Å². The highest BCUT2D eigenvalue weighted by molar-refractivity contribution is 7.80. The first-order valence-corrected chi connectivity index (χ1v) is 8.25. The lowest BCUT2D eigenvalue weighted by atomic mass is 9.77. The predicted molar refractivity (Wildman–Crippen MR) is 93.0 cm³/mol. The smallest absolute Gasteiger partial charge is 0.0595 e. The number of rotatable bonds is 2. The Labute approximate surface area is 141 Å². The highest BCUT2D eigenvalue weighted by Crippen LogP contribution is 2.42. The fraction of sp³-hybridized carbons (Fsp3) is 0.294. The van der Waals surface area contributed by atoms with Crippen LogP contribution in [0.5, 0.6) is 0 Å². The summed E-state index contributed by atoms with van der Waals surface area (Å²) in [5.74, 6) is 0.369. The molecule has 0 saturated carbocycles. The summed E-state index contributed by atoms with van der Waals surface area (Å²) in [6.45, 7) is 0. The van der Waals surface area contributed by atoms with Crippen molar-refractivity contribution < 1.29 is 0 Å². The molecule has 3 rings (SSSR count). The van der Waals surface area contributed by atoms with Crippen molar-refractivity contribution in [3.05, 3.63) is 63.1 Å². The Morgan fingerprint density at radius 2 is 1.81 bits per heavy atom. The minimum absolute atomic E-state index is 0.369. The van der Waals surface area contributed by atoms with Gasteiger partial charge in [0, 0.05) is 16.9 Å². The largest absolute Gasteiger partial charge is 0.313 e. The summed E-state index contributed by atoms with van der Waals surface area (Å²) in [6.07, 6.45) is 2.20. The molecule has 0 unspecified atom stereocenters. The van der Waals surface area contributed by atoms with Crippen LogP contribution in [0.15, 0.2) is 41.3 Å². The van der Waals surface area contributed by atoms with Crippen LogP contribution in [0, 0.1) is 0 Å². The van der Waals surface area contributed by atoms with E-state index in [9.17, 15) is 0 Å². The molecule has 2 aromatic rings. The van der Waals surface area contributed by atoms with Crippen molar-refractivity contribution in [2.24, 2.45) is 0 Å². The summed E-state index contributed by atoms with van der Waals surface area (Å²) in [7, 11) is 2.01. The molecule has 0 radical (unpaired) electrons. The van der Waals surface area contributed by atoms with Crippen molar-refractivity contribution in [3.63, 3.8) is 0 Å². The van der Waals surface area contributed by atoms with Gasteiger partial charge in [0.05, 0.1) is 10.0 Å². The summed E-state index contributed by atoms with van der Waals surface area (Å²) in [5, 5.41) is 4.63. The summed E-state index contributed by atoms with van der Waals surface area (Å²) < 4.78 is 0. The Morgan fingerprint density at radius 1 is 1.00 bits per heavy atom. The normalized spacial score (nSPS) is 21.1. The fourth-order valence-electron chi connectivity index (χ4n) is 3.20. The fourth-order valence-corrected chi connectivity index (χ4v) is 3.72. The molecule has 0 bridgehead atoms. The van der Waals surface area contributed by atoms with Crippen molar-refractivity contribution in [2.45, 2.75) is 29.7 Å². The summed E-state index contributed by atoms with van der Waals surface area (Å²) >= 11 is 16.7. The van der Waals surface area contributed by atoms with Crippen molar-refractivity contribution in [3.8, 4) is 0 Å². The standard InChI is InChI=1S/C17H17Cl2NS/c1-20-17-7-5-12(10-2-6-15(18)16(19)8-10)13-4-3-11(21)9-14(13)17/h2-4,6,8-9,12,17,20-21H,5,7H2,1H3/t12-,17-/m0/s1. The van der Waals surface area contributed by atoms with Crippen LogP contribution in [0.25, 0.3) is 0 Å². The maximum absolute atomic E-state index is 6.18. The third-order valence-electron chi connectivity index (χ3n) is 4.26. The van der Waals surface area contributed by atoms with Crippen LogP contribution in [0.4, 0.5) is 0 Å². The zero-order valence-corrected chi connectivity index (χ0v) is 14.1. The molecule has 110 valence electrons. The van der Waals surface area contributed by atoms with E-state index >= 15 is 0 Å². The van der Waals surface area contributed by atoms with Crippen molar-refractivity contribution >= 4 is 35.8 Å². The molecule has 0 saturated heterocycles. The van der Waals surface area contributed by atoms with Crippen LogP contribution in [-0.4, -0.2) is 7.05 Å². The number of fused-ring (bicyclic) bond motifs is 1. The first-order chi connectivity index (χ1) is 10.1. The van der Waals surface area contributed by atoms with E-state index in [-0.39, 0.29) is 0 Å². The second-order valence-corrected chi connectivity index (χ2v) is 6.79. The molecule has 1 aliphatic carbocycles. The Balaban J connectivity index is 2.07. The van der Waals surface area contributed by atoms with E-state index in [1.807, 2.05) is 19.2 Å². The molecule has 0 heterocycles. The van der Waals surface area contributed by atoms with Crippen molar-refractivity contribution in [2.75, 3.05) is 7.05 Å². The zero-order chi connectivity index (χ0) is 15.0. The molecule has 4 heteroatoms. The number of benzene rings is 2. The topological polar surface area (TPSA) is 12.0 Å². The van der Waals surface area contributed by atoms with Crippen LogP contribution in [0.1, 0.15) is 41.5 Å². The molecular weight excluding hydrogens is 321 g/mol. The minimum atomic E-state index is 0.369. The quantitative estimate of drug-likeness (QED) is 0.692. The summed E-state index contributed by atoms with van der Waals surface area (Å²) in [4.78, 5) is 1.00. The first-order valence-electron chi connectivity index (χ1n) is 7.05. The van der Waals surface area contributed by atoms with Crippen LogP contribution in [0.3, 0.4) is 0 Å². The molecule has 1 aliphatic rings. The van der Waals surface area contributed by atoms with Crippen molar-refractivity contribution in [1.29, 1.82) is 0 Å². The van der Waals surface area contributed by atoms with Gasteiger partial charge in [0.15, 0.2) is 0 Å². The molecule has 0 amide bonds. The van der Waals surface area contributed by atoms with E-state index < -0.39 is 0 Å². The van der Waals surface area contributed by atoms with Gasteiger partial charge >= 0.3 is 0 Å². The SMILES string of the molecule is CN[C@H]1CC[C@@H](c2ccc(Cl)c(Cl)c2)c2ccc(S)cc21. The number of hydrogen-bond donors (Lipinski definition) is 2. The lowest BCUT2D eigenvalue weighted by Crippen LogP contribution is -2.24. The second-order valence-electron chi connectivity index (χ2n) is 5.46. The van der Waals surface area contributed by atoms with Crippen LogP contribution in [0.2, 0.25) is 10.0 Å². The highest BCUT2D eigenvalue weighted by atomic mass is 35.5. The Kier molecular flexibility index (Phi) is 4.51. The summed E-state index contributed by atoms with van der Waals surface area (Å²) in [6, 6.07) is 12.8. The van der Waals surface area contributed by atoms with Gasteiger partial charge in [0.1, 0.15) is 0 Å². The minimum Gasteiger partial charge on any atom is -0.313 e. The number of thiol groups is 1. The molecule has 0 spiro atoms. The van der Waals surface area contributed by atoms with E-state index in [1.165, 1.54) is 16.7 Å². The molecule has 1 nitrogen and oxygen atoms in total. The van der Waals surface area contributed by atoms with Crippen LogP contribution in [-0.2, 0) is 0 Å². The van der Waals surface area contributed by atoms with Gasteiger partial charge in [-0.1, -0.05) is 35.3 Å². The van der Waals surface area contributed by atoms with Gasteiger partial charge in [-0.25, -0.2) is 0 Å². The Morgan fingerprint density at radius 3 is 2.52 bits per heavy atom. The predicted octanol–water partition coefficient (Wildman–Crippen LogP) is 5.47. The molecule has 1 N–H and O–H groups in total. The van der Waals surface area contributed by atoms with Crippen LogP contribution >= 0.6 is 35.8 Å². The number of halogens is 2. The Hall–Kier alpha value is -0.670. The first kappa shape index (κ1) is 15.2. The van der Waals surface area contributed by atoms with E-state index in [2.05, 4.69) is 42.2 Å². The summed E-state index contributed by atoms with van der Waals surface area (Å²) in [5.41, 5.74) is 3.93. The molecule has 0 fully saturated rings. The van der Waals surface area contributed by atoms with Crippen molar-refractivity contribution in [1.82, 2.24) is 5.32 Å². The van der Waals surface area contributed by atoms with E-state index in [0.717, 1.165) is 17.7 Å². The maximum atomic E-state index is 6.18. The monoisotopic (exact) mass is 337 g/mol. The van der Waals surface area contributed by atoms with Gasteiger partial charge in [-0.2, -0.15) is 0 Å². The molecule has 0 aliphatic heterocycles. The van der Waals surface area contributed by atoms with Crippen LogP contribution < -0.4 is 5.32 Å². The number of hydrogen-bond acceptors (Lipinski definition) is 2. The van der Waals surface area contributed by atoms with Gasteiger partial charge in [-0.3, -0.25) is 0 Å². The molecule has 2 aromatic carbocycles. The van der Waals surface area contributed by atoms with Gasteiger partial charge in [-0.15, -0.1) is 12.6 Å². The third-order valence-corrected chi connectivity index (χ3v) is 5.28. The molecule has 21 heavy (non-hydrogen) atoms. The zero-order valence-electron chi connectivity index (χ0n) is 11.7. The van der Waals surface area contributed by atoms with Gasteiger partial charge in [-0.05, 0) is 60.8 Å². The van der Waals surface area contributed by atoms with E-state index in [0.29, 0.717) is 22.0 Å². The Bertz CT molecular complexity index is 672. The molecule has 0 aromatic heterocycles. The van der Waals surface area contributed by atoms with E-state index in [4.69, 9.17) is 23.2 Å². The lowest BCUT2D eigenvalue weighted by Gasteiger charge is -2.32.